The first kappa shape index (κ1) is 14.7. The van der Waals surface area contributed by atoms with Gasteiger partial charge in [0.2, 0.25) is 0 Å². The molecular weight excluding hydrogens is 294 g/mol. The number of aromatic nitrogens is 3. The topological polar surface area (TPSA) is 92.9 Å². The molecule has 0 aliphatic carbocycles. The number of nitrogens with zero attached hydrogens (tertiary/aromatic N) is 3. The smallest absolute Gasteiger partial charge is 0.253 e. The van der Waals surface area contributed by atoms with E-state index < -0.39 is 0 Å². The highest BCUT2D eigenvalue weighted by Crippen LogP contribution is 2.16. The second-order valence-electron chi connectivity index (χ2n) is 4.95. The van der Waals surface area contributed by atoms with Crippen LogP contribution in [0.3, 0.4) is 0 Å². The summed E-state index contributed by atoms with van der Waals surface area (Å²) in [7, 11) is 0. The number of rotatable bonds is 5. The van der Waals surface area contributed by atoms with Gasteiger partial charge in [-0.15, -0.1) is 0 Å². The van der Waals surface area contributed by atoms with Gasteiger partial charge in [0.15, 0.2) is 5.82 Å². The van der Waals surface area contributed by atoms with Crippen LogP contribution in [0.25, 0.3) is 0 Å². The third kappa shape index (κ3) is 3.91. The van der Waals surface area contributed by atoms with Crippen LogP contribution < -0.4 is 10.6 Å². The van der Waals surface area contributed by atoms with E-state index in [9.17, 15) is 4.79 Å². The van der Waals surface area contributed by atoms with Crippen molar-refractivity contribution in [3.63, 3.8) is 0 Å². The molecule has 116 valence electrons. The zero-order valence-electron chi connectivity index (χ0n) is 12.5. The highest BCUT2D eigenvalue weighted by Gasteiger charge is 2.08. The van der Waals surface area contributed by atoms with Gasteiger partial charge in [-0.25, -0.2) is 0 Å². The van der Waals surface area contributed by atoms with Crippen LogP contribution in [0.1, 0.15) is 21.7 Å². The number of nitrogens with one attached hydrogen (secondary N) is 2. The van der Waals surface area contributed by atoms with Crippen LogP contribution in [0.15, 0.2) is 53.6 Å². The molecule has 0 saturated heterocycles. The van der Waals surface area contributed by atoms with Crippen molar-refractivity contribution in [2.45, 2.75) is 13.5 Å². The Kier molecular flexibility index (Phi) is 4.28. The summed E-state index contributed by atoms with van der Waals surface area (Å²) in [6.07, 6.45) is 6.53. The van der Waals surface area contributed by atoms with Crippen LogP contribution in [0.5, 0.6) is 0 Å². The molecule has 3 aromatic rings. The van der Waals surface area contributed by atoms with Crippen molar-refractivity contribution >= 4 is 17.4 Å². The lowest BCUT2D eigenvalue weighted by Crippen LogP contribution is -2.23. The fourth-order valence-electron chi connectivity index (χ4n) is 1.99. The lowest BCUT2D eigenvalue weighted by molar-refractivity contribution is 0.0950. The van der Waals surface area contributed by atoms with Gasteiger partial charge >= 0.3 is 0 Å². The molecule has 7 heteroatoms. The monoisotopic (exact) mass is 309 g/mol. The number of pyridine rings is 2. The van der Waals surface area contributed by atoms with Gasteiger partial charge in [0, 0.05) is 31.2 Å². The van der Waals surface area contributed by atoms with Gasteiger partial charge in [-0.2, -0.15) is 0 Å². The fraction of sp³-hybridized carbons (Fsp3) is 0.125. The Hall–Kier alpha value is -3.22. The number of aryl methyl sites for hydroxylation is 1. The van der Waals surface area contributed by atoms with E-state index in [4.69, 9.17) is 4.52 Å². The Morgan fingerprint density at radius 3 is 2.87 bits per heavy atom. The summed E-state index contributed by atoms with van der Waals surface area (Å²) in [5.74, 6) is 1.06. The molecule has 0 fully saturated rings. The number of carbonyl (C=O) groups excluding carboxylic acids is 1. The summed E-state index contributed by atoms with van der Waals surface area (Å²) in [4.78, 5) is 20.3. The van der Waals surface area contributed by atoms with Crippen molar-refractivity contribution in [2.75, 3.05) is 5.32 Å². The standard InChI is InChI=1S/C16H15N5O2/c1-11-5-15(21-23-11)20-14-6-13(9-18-10-14)16(22)19-8-12-3-2-4-17-7-12/h2-7,9-10H,8H2,1H3,(H,19,22)(H,20,21). The molecule has 0 unspecified atom stereocenters. The number of amides is 1. The summed E-state index contributed by atoms with van der Waals surface area (Å²) in [6.45, 7) is 2.21. The summed E-state index contributed by atoms with van der Waals surface area (Å²) in [5, 5.41) is 9.71. The number of hydrogen-bond donors (Lipinski definition) is 2. The molecule has 3 heterocycles. The Morgan fingerprint density at radius 2 is 2.13 bits per heavy atom. The minimum Gasteiger partial charge on any atom is -0.360 e. The van der Waals surface area contributed by atoms with Crippen molar-refractivity contribution in [2.24, 2.45) is 0 Å². The molecule has 0 atom stereocenters. The molecule has 3 aromatic heterocycles. The van der Waals surface area contributed by atoms with Gasteiger partial charge in [-0.1, -0.05) is 11.2 Å². The molecule has 0 spiro atoms. The third-order valence-electron chi connectivity index (χ3n) is 3.08. The third-order valence-corrected chi connectivity index (χ3v) is 3.08. The maximum atomic E-state index is 12.2. The van der Waals surface area contributed by atoms with Crippen molar-refractivity contribution in [1.29, 1.82) is 0 Å². The van der Waals surface area contributed by atoms with E-state index in [1.54, 1.807) is 37.6 Å². The first-order valence-electron chi connectivity index (χ1n) is 7.03. The van der Waals surface area contributed by atoms with E-state index in [0.29, 0.717) is 29.4 Å². The van der Waals surface area contributed by atoms with Crippen molar-refractivity contribution < 1.29 is 9.32 Å². The molecule has 0 aliphatic heterocycles. The fourth-order valence-corrected chi connectivity index (χ4v) is 1.99. The molecule has 0 bridgehead atoms. The summed E-state index contributed by atoms with van der Waals surface area (Å²) >= 11 is 0. The van der Waals surface area contributed by atoms with Crippen LogP contribution in [-0.2, 0) is 6.54 Å². The van der Waals surface area contributed by atoms with Crippen LogP contribution in [-0.4, -0.2) is 21.0 Å². The van der Waals surface area contributed by atoms with E-state index in [-0.39, 0.29) is 5.91 Å². The van der Waals surface area contributed by atoms with Crippen LogP contribution in [0.2, 0.25) is 0 Å². The normalized spacial score (nSPS) is 10.3. The molecule has 0 aliphatic rings. The number of carbonyl (C=O) groups is 1. The second kappa shape index (κ2) is 6.69. The van der Waals surface area contributed by atoms with Gasteiger partial charge in [0.1, 0.15) is 5.76 Å². The maximum absolute atomic E-state index is 12.2. The van der Waals surface area contributed by atoms with Crippen molar-refractivity contribution in [1.82, 2.24) is 20.4 Å². The zero-order valence-corrected chi connectivity index (χ0v) is 12.5. The lowest BCUT2D eigenvalue weighted by atomic mass is 10.2. The predicted octanol–water partition coefficient (Wildman–Crippen LogP) is 2.45. The maximum Gasteiger partial charge on any atom is 0.253 e. The number of anilines is 2. The first-order chi connectivity index (χ1) is 11.2. The van der Waals surface area contributed by atoms with Gasteiger partial charge in [0.25, 0.3) is 5.91 Å². The van der Waals surface area contributed by atoms with E-state index in [2.05, 4.69) is 25.8 Å². The molecule has 2 N–H and O–H groups in total. The Morgan fingerprint density at radius 1 is 1.22 bits per heavy atom. The summed E-state index contributed by atoms with van der Waals surface area (Å²) in [5.41, 5.74) is 2.05. The summed E-state index contributed by atoms with van der Waals surface area (Å²) in [6, 6.07) is 7.19. The average molecular weight is 309 g/mol. The summed E-state index contributed by atoms with van der Waals surface area (Å²) < 4.78 is 4.98. The van der Waals surface area contributed by atoms with E-state index in [0.717, 1.165) is 5.56 Å². The largest absolute Gasteiger partial charge is 0.360 e. The minimum atomic E-state index is -0.207. The highest BCUT2D eigenvalue weighted by molar-refractivity contribution is 5.94. The van der Waals surface area contributed by atoms with E-state index in [1.807, 2.05) is 12.1 Å². The van der Waals surface area contributed by atoms with Gasteiger partial charge in [0.05, 0.1) is 17.4 Å². The molecular formula is C16H15N5O2. The highest BCUT2D eigenvalue weighted by atomic mass is 16.5. The van der Waals surface area contributed by atoms with Crippen LogP contribution in [0.4, 0.5) is 11.5 Å². The van der Waals surface area contributed by atoms with Gasteiger partial charge in [-0.3, -0.25) is 14.8 Å². The Labute approximate surface area is 132 Å². The first-order valence-corrected chi connectivity index (χ1v) is 7.03. The van der Waals surface area contributed by atoms with Gasteiger partial charge in [-0.05, 0) is 24.6 Å². The quantitative estimate of drug-likeness (QED) is 0.752. The van der Waals surface area contributed by atoms with Gasteiger partial charge < -0.3 is 15.2 Å². The van der Waals surface area contributed by atoms with E-state index in [1.165, 1.54) is 6.20 Å². The molecule has 0 saturated carbocycles. The molecule has 1 amide bonds. The molecule has 0 radical (unpaired) electrons. The van der Waals surface area contributed by atoms with Crippen LogP contribution >= 0.6 is 0 Å². The predicted molar refractivity (Wildman–Crippen MR) is 84.2 cm³/mol. The van der Waals surface area contributed by atoms with E-state index >= 15 is 0 Å². The van der Waals surface area contributed by atoms with Crippen molar-refractivity contribution in [3.05, 3.63) is 65.9 Å². The van der Waals surface area contributed by atoms with Crippen LogP contribution in [0, 0.1) is 6.92 Å². The molecule has 23 heavy (non-hydrogen) atoms. The minimum absolute atomic E-state index is 0.207. The number of hydrogen-bond acceptors (Lipinski definition) is 6. The SMILES string of the molecule is Cc1cc(Nc2cncc(C(=O)NCc3cccnc3)c2)no1. The Bertz CT molecular complexity index is 801. The molecule has 7 nitrogen and oxygen atoms in total. The Balaban J connectivity index is 1.65. The molecule has 3 rings (SSSR count). The second-order valence-corrected chi connectivity index (χ2v) is 4.95. The molecule has 0 aromatic carbocycles. The zero-order chi connectivity index (χ0) is 16.1. The van der Waals surface area contributed by atoms with Crippen molar-refractivity contribution in [3.8, 4) is 0 Å². The average Bonchev–Trinajstić information content (AvgIpc) is 2.99. The lowest BCUT2D eigenvalue weighted by Gasteiger charge is -2.07.